The van der Waals surface area contributed by atoms with Gasteiger partial charge in [0.15, 0.2) is 0 Å². The predicted molar refractivity (Wildman–Crippen MR) is 82.5 cm³/mol. The van der Waals surface area contributed by atoms with Crippen LogP contribution < -0.4 is 11.1 Å². The maximum absolute atomic E-state index is 6.21. The number of aryl methyl sites for hydroxylation is 1. The first kappa shape index (κ1) is 12.0. The molecular weight excluding hydrogens is 254 g/mol. The number of nitrogens with two attached hydrogens (primary N) is 1. The van der Waals surface area contributed by atoms with Gasteiger partial charge in [0.25, 0.3) is 0 Å². The van der Waals surface area contributed by atoms with Crippen LogP contribution in [0.5, 0.6) is 0 Å². The summed E-state index contributed by atoms with van der Waals surface area (Å²) in [6, 6.07) is 8.15. The molecule has 0 amide bonds. The van der Waals surface area contributed by atoms with Crippen molar-refractivity contribution in [2.75, 3.05) is 11.1 Å². The maximum Gasteiger partial charge on any atom is 0.0630 e. The highest BCUT2D eigenvalue weighted by Gasteiger charge is 2.05. The van der Waals surface area contributed by atoms with Gasteiger partial charge in [0, 0.05) is 34.6 Å². The number of rotatable bonds is 3. The Kier molecular flexibility index (Phi) is 3.09. The fourth-order valence-corrected chi connectivity index (χ4v) is 2.95. The third-order valence-electron chi connectivity index (χ3n) is 3.27. The highest BCUT2D eigenvalue weighted by Crippen LogP contribution is 2.29. The molecule has 3 N–H and O–H groups in total. The predicted octanol–water partition coefficient (Wildman–Crippen LogP) is 3.80. The molecule has 0 aliphatic rings. The van der Waals surface area contributed by atoms with E-state index in [1.165, 1.54) is 10.4 Å². The molecule has 2 heterocycles. The number of anilines is 2. The van der Waals surface area contributed by atoms with Crippen LogP contribution in [0, 0.1) is 6.92 Å². The van der Waals surface area contributed by atoms with E-state index in [1.54, 1.807) is 17.5 Å². The molecule has 3 aromatic rings. The molecule has 0 radical (unpaired) electrons. The van der Waals surface area contributed by atoms with Gasteiger partial charge >= 0.3 is 0 Å². The standard InChI is InChI=1S/C15H15N3S/c1-10-5-7-19-14(10)9-18-13-3-2-11-8-17-6-4-12(11)15(13)16/h2-8,18H,9,16H2,1H3. The highest BCUT2D eigenvalue weighted by atomic mass is 32.1. The van der Waals surface area contributed by atoms with E-state index in [2.05, 4.69) is 28.7 Å². The van der Waals surface area contributed by atoms with E-state index in [0.29, 0.717) is 0 Å². The van der Waals surface area contributed by atoms with Crippen molar-refractivity contribution >= 4 is 33.5 Å². The molecule has 0 aliphatic carbocycles. The maximum atomic E-state index is 6.21. The molecule has 0 saturated heterocycles. The van der Waals surface area contributed by atoms with E-state index < -0.39 is 0 Å². The molecule has 0 bridgehead atoms. The van der Waals surface area contributed by atoms with Crippen LogP contribution >= 0.6 is 11.3 Å². The molecule has 0 atom stereocenters. The number of thiophene rings is 1. The first-order chi connectivity index (χ1) is 9.25. The van der Waals surface area contributed by atoms with Gasteiger partial charge in [-0.15, -0.1) is 11.3 Å². The Morgan fingerprint density at radius 3 is 2.95 bits per heavy atom. The summed E-state index contributed by atoms with van der Waals surface area (Å²) >= 11 is 1.76. The quantitative estimate of drug-likeness (QED) is 0.711. The second kappa shape index (κ2) is 4.90. The summed E-state index contributed by atoms with van der Waals surface area (Å²) in [6.45, 7) is 2.94. The van der Waals surface area contributed by atoms with Crippen LogP contribution in [0.1, 0.15) is 10.4 Å². The zero-order valence-electron chi connectivity index (χ0n) is 10.7. The van der Waals surface area contributed by atoms with E-state index >= 15 is 0 Å². The van der Waals surface area contributed by atoms with Gasteiger partial charge in [0.05, 0.1) is 11.4 Å². The fraction of sp³-hybridized carbons (Fsp3) is 0.133. The van der Waals surface area contributed by atoms with Gasteiger partial charge in [0.2, 0.25) is 0 Å². The minimum Gasteiger partial charge on any atom is -0.397 e. The Hall–Kier alpha value is -2.07. The van der Waals surface area contributed by atoms with Crippen molar-refractivity contribution < 1.29 is 0 Å². The lowest BCUT2D eigenvalue weighted by Crippen LogP contribution is -2.02. The largest absolute Gasteiger partial charge is 0.397 e. The van der Waals surface area contributed by atoms with Gasteiger partial charge in [0.1, 0.15) is 0 Å². The summed E-state index contributed by atoms with van der Waals surface area (Å²) in [7, 11) is 0. The van der Waals surface area contributed by atoms with Crippen LogP contribution in [0.25, 0.3) is 10.8 Å². The third-order valence-corrected chi connectivity index (χ3v) is 4.29. The van der Waals surface area contributed by atoms with E-state index in [-0.39, 0.29) is 0 Å². The van der Waals surface area contributed by atoms with Crippen molar-refractivity contribution in [1.82, 2.24) is 4.98 Å². The summed E-state index contributed by atoms with van der Waals surface area (Å²) in [5.74, 6) is 0. The Balaban J connectivity index is 1.89. The number of aromatic nitrogens is 1. The van der Waals surface area contributed by atoms with E-state index in [0.717, 1.165) is 28.7 Å². The van der Waals surface area contributed by atoms with Crippen molar-refractivity contribution in [3.63, 3.8) is 0 Å². The monoisotopic (exact) mass is 269 g/mol. The molecule has 19 heavy (non-hydrogen) atoms. The minimum atomic E-state index is 0.786. The first-order valence-electron chi connectivity index (χ1n) is 6.15. The van der Waals surface area contributed by atoms with Gasteiger partial charge in [-0.2, -0.15) is 0 Å². The lowest BCUT2D eigenvalue weighted by molar-refractivity contribution is 1.17. The van der Waals surface area contributed by atoms with Gasteiger partial charge in [-0.25, -0.2) is 0 Å². The molecule has 2 aromatic heterocycles. The number of hydrogen-bond donors (Lipinski definition) is 2. The summed E-state index contributed by atoms with van der Waals surface area (Å²) in [4.78, 5) is 5.45. The molecule has 0 unspecified atom stereocenters. The second-order valence-electron chi connectivity index (χ2n) is 4.50. The molecular formula is C15H15N3S. The van der Waals surface area contributed by atoms with E-state index in [4.69, 9.17) is 5.73 Å². The Bertz CT molecular complexity index is 718. The van der Waals surface area contributed by atoms with Crippen molar-refractivity contribution in [3.8, 4) is 0 Å². The third kappa shape index (κ3) is 2.27. The van der Waals surface area contributed by atoms with Crippen molar-refractivity contribution in [1.29, 1.82) is 0 Å². The normalized spacial score (nSPS) is 10.8. The van der Waals surface area contributed by atoms with Crippen molar-refractivity contribution in [2.24, 2.45) is 0 Å². The number of fused-ring (bicyclic) bond motifs is 1. The molecule has 3 rings (SSSR count). The smallest absolute Gasteiger partial charge is 0.0630 e. The topological polar surface area (TPSA) is 50.9 Å². The molecule has 96 valence electrons. The Morgan fingerprint density at radius 2 is 2.16 bits per heavy atom. The molecule has 0 saturated carbocycles. The average Bonchev–Trinajstić information content (AvgIpc) is 2.84. The van der Waals surface area contributed by atoms with Crippen LogP contribution in [-0.4, -0.2) is 4.98 Å². The Morgan fingerprint density at radius 1 is 1.26 bits per heavy atom. The molecule has 0 spiro atoms. The minimum absolute atomic E-state index is 0.786. The molecule has 3 nitrogen and oxygen atoms in total. The lowest BCUT2D eigenvalue weighted by atomic mass is 10.1. The van der Waals surface area contributed by atoms with Gasteiger partial charge < -0.3 is 11.1 Å². The van der Waals surface area contributed by atoms with Crippen molar-refractivity contribution in [3.05, 3.63) is 52.5 Å². The summed E-state index contributed by atoms with van der Waals surface area (Å²) < 4.78 is 0. The number of pyridine rings is 1. The lowest BCUT2D eigenvalue weighted by Gasteiger charge is -2.11. The summed E-state index contributed by atoms with van der Waals surface area (Å²) in [5.41, 5.74) is 9.29. The summed E-state index contributed by atoms with van der Waals surface area (Å²) in [5, 5.41) is 7.64. The second-order valence-corrected chi connectivity index (χ2v) is 5.50. The fourth-order valence-electron chi connectivity index (χ4n) is 2.11. The van der Waals surface area contributed by atoms with E-state index in [9.17, 15) is 0 Å². The number of nitrogens with one attached hydrogen (secondary N) is 1. The summed E-state index contributed by atoms with van der Waals surface area (Å²) in [6.07, 6.45) is 3.60. The number of hydrogen-bond acceptors (Lipinski definition) is 4. The zero-order chi connectivity index (χ0) is 13.2. The van der Waals surface area contributed by atoms with Gasteiger partial charge in [-0.05, 0) is 36.1 Å². The number of nitrogens with zero attached hydrogens (tertiary/aromatic N) is 1. The average molecular weight is 269 g/mol. The molecule has 4 heteroatoms. The Labute approximate surface area is 116 Å². The van der Waals surface area contributed by atoms with Gasteiger partial charge in [-0.3, -0.25) is 4.98 Å². The van der Waals surface area contributed by atoms with Crippen LogP contribution in [0.3, 0.4) is 0 Å². The molecule has 0 aliphatic heterocycles. The SMILES string of the molecule is Cc1ccsc1CNc1ccc2cnccc2c1N. The first-order valence-corrected chi connectivity index (χ1v) is 7.03. The van der Waals surface area contributed by atoms with E-state index in [1.807, 2.05) is 24.4 Å². The number of benzene rings is 1. The van der Waals surface area contributed by atoms with Crippen LogP contribution in [0.4, 0.5) is 11.4 Å². The number of nitrogen functional groups attached to an aromatic ring is 1. The molecule has 1 aromatic carbocycles. The van der Waals surface area contributed by atoms with Crippen LogP contribution in [-0.2, 0) is 6.54 Å². The van der Waals surface area contributed by atoms with Crippen molar-refractivity contribution in [2.45, 2.75) is 13.5 Å². The van der Waals surface area contributed by atoms with Gasteiger partial charge in [-0.1, -0.05) is 6.07 Å². The molecule has 0 fully saturated rings. The zero-order valence-corrected chi connectivity index (χ0v) is 11.5. The van der Waals surface area contributed by atoms with Crippen LogP contribution in [0.2, 0.25) is 0 Å². The highest BCUT2D eigenvalue weighted by molar-refractivity contribution is 7.10. The van der Waals surface area contributed by atoms with Crippen LogP contribution in [0.15, 0.2) is 42.0 Å².